The molecule has 0 bridgehead atoms. The lowest BCUT2D eigenvalue weighted by atomic mass is 10.0. The number of nitrogens with zero attached hydrogens (tertiary/aromatic N) is 2. The zero-order chi connectivity index (χ0) is 12.7. The number of benzene rings is 1. The van der Waals surface area contributed by atoms with Gasteiger partial charge in [-0.3, -0.25) is 0 Å². The topological polar surface area (TPSA) is 39.1 Å². The minimum atomic E-state index is -0.0643. The van der Waals surface area contributed by atoms with E-state index in [0.717, 1.165) is 12.1 Å². The molecule has 0 spiro atoms. The van der Waals surface area contributed by atoms with E-state index in [1.54, 1.807) is 0 Å². The molecule has 0 aliphatic heterocycles. The van der Waals surface area contributed by atoms with Crippen LogP contribution < -0.4 is 5.32 Å². The first kappa shape index (κ1) is 13.7. The third-order valence-electron chi connectivity index (χ3n) is 3.03. The summed E-state index contributed by atoms with van der Waals surface area (Å²) in [6.07, 6.45) is 0. The van der Waals surface area contributed by atoms with Crippen molar-refractivity contribution in [2.75, 3.05) is 27.2 Å². The van der Waals surface area contributed by atoms with Crippen LogP contribution in [0.4, 0.5) is 0 Å². The molecule has 0 radical (unpaired) electrons. The molecule has 17 heavy (non-hydrogen) atoms. The summed E-state index contributed by atoms with van der Waals surface area (Å²) >= 11 is 0. The molecule has 0 aliphatic rings. The van der Waals surface area contributed by atoms with E-state index in [1.165, 1.54) is 0 Å². The number of hydrogen-bond acceptors (Lipinski definition) is 3. The van der Waals surface area contributed by atoms with Gasteiger partial charge in [0.1, 0.15) is 0 Å². The number of rotatable bonds is 6. The maximum absolute atomic E-state index is 9.15. The van der Waals surface area contributed by atoms with Gasteiger partial charge in [-0.15, -0.1) is 0 Å². The summed E-state index contributed by atoms with van der Waals surface area (Å²) < 4.78 is 0. The molecular formula is C14H21N3. The van der Waals surface area contributed by atoms with Crippen molar-refractivity contribution in [3.05, 3.63) is 35.9 Å². The summed E-state index contributed by atoms with van der Waals surface area (Å²) in [4.78, 5) is 2.16. The first-order chi connectivity index (χ1) is 8.15. The Morgan fingerprint density at radius 3 is 2.41 bits per heavy atom. The Balaban J connectivity index is 2.42. The average molecular weight is 231 g/mol. The van der Waals surface area contributed by atoms with Gasteiger partial charge < -0.3 is 10.2 Å². The first-order valence-electron chi connectivity index (χ1n) is 5.97. The molecule has 0 saturated carbocycles. The molecule has 3 nitrogen and oxygen atoms in total. The highest BCUT2D eigenvalue weighted by atomic mass is 15.1. The van der Waals surface area contributed by atoms with Crippen LogP contribution in [0.5, 0.6) is 0 Å². The standard InChI is InChI=1S/C14H21N3/c1-12(17(2)3)10-16-11-14(9-15)13-7-5-4-6-8-13/h4-8,12,14,16H,10-11H2,1-3H3. The summed E-state index contributed by atoms with van der Waals surface area (Å²) in [5.41, 5.74) is 1.08. The molecular weight excluding hydrogens is 210 g/mol. The summed E-state index contributed by atoms with van der Waals surface area (Å²) in [7, 11) is 4.12. The van der Waals surface area contributed by atoms with Crippen molar-refractivity contribution >= 4 is 0 Å². The maximum Gasteiger partial charge on any atom is 0.0837 e. The average Bonchev–Trinajstić information content (AvgIpc) is 2.35. The summed E-state index contributed by atoms with van der Waals surface area (Å²) in [5.74, 6) is -0.0643. The Kier molecular flexibility index (Phi) is 5.68. The minimum absolute atomic E-state index is 0.0643. The van der Waals surface area contributed by atoms with Gasteiger partial charge in [0.25, 0.3) is 0 Å². The van der Waals surface area contributed by atoms with Crippen LogP contribution in [0.3, 0.4) is 0 Å². The Labute approximate surface area is 104 Å². The van der Waals surface area contributed by atoms with Gasteiger partial charge in [-0.05, 0) is 26.6 Å². The van der Waals surface area contributed by atoms with E-state index in [4.69, 9.17) is 5.26 Å². The molecule has 92 valence electrons. The molecule has 3 heteroatoms. The van der Waals surface area contributed by atoms with Crippen LogP contribution in [0, 0.1) is 11.3 Å². The molecule has 0 aliphatic carbocycles. The van der Waals surface area contributed by atoms with Crippen LogP contribution in [-0.2, 0) is 0 Å². The third kappa shape index (κ3) is 4.56. The Hall–Kier alpha value is -1.37. The largest absolute Gasteiger partial charge is 0.314 e. The van der Waals surface area contributed by atoms with Crippen molar-refractivity contribution in [1.82, 2.24) is 10.2 Å². The van der Waals surface area contributed by atoms with Crippen molar-refractivity contribution in [1.29, 1.82) is 5.26 Å². The van der Waals surface area contributed by atoms with Crippen molar-refractivity contribution in [3.8, 4) is 6.07 Å². The number of likely N-dealkylation sites (N-methyl/N-ethyl adjacent to an activating group) is 1. The van der Waals surface area contributed by atoms with Crippen molar-refractivity contribution in [2.24, 2.45) is 0 Å². The minimum Gasteiger partial charge on any atom is -0.314 e. The summed E-state index contributed by atoms with van der Waals surface area (Å²) in [5, 5.41) is 12.5. The van der Waals surface area contributed by atoms with Crippen LogP contribution in [0.1, 0.15) is 18.4 Å². The van der Waals surface area contributed by atoms with Crippen LogP contribution in [-0.4, -0.2) is 38.1 Å². The zero-order valence-corrected chi connectivity index (χ0v) is 10.9. The second-order valence-electron chi connectivity index (χ2n) is 4.56. The lowest BCUT2D eigenvalue weighted by Gasteiger charge is -2.21. The van der Waals surface area contributed by atoms with Gasteiger partial charge in [-0.1, -0.05) is 30.3 Å². The molecule has 0 heterocycles. The normalized spacial score (nSPS) is 14.3. The van der Waals surface area contributed by atoms with Gasteiger partial charge in [0, 0.05) is 19.1 Å². The van der Waals surface area contributed by atoms with Gasteiger partial charge >= 0.3 is 0 Å². The van der Waals surface area contributed by atoms with Gasteiger partial charge in [0.2, 0.25) is 0 Å². The SMILES string of the molecule is CC(CNCC(C#N)c1ccccc1)N(C)C. The van der Waals surface area contributed by atoms with Crippen molar-refractivity contribution < 1.29 is 0 Å². The van der Waals surface area contributed by atoms with Crippen LogP contribution >= 0.6 is 0 Å². The van der Waals surface area contributed by atoms with Crippen LogP contribution in [0.2, 0.25) is 0 Å². The van der Waals surface area contributed by atoms with Gasteiger partial charge in [-0.25, -0.2) is 0 Å². The zero-order valence-electron chi connectivity index (χ0n) is 10.9. The molecule has 1 N–H and O–H groups in total. The van der Waals surface area contributed by atoms with E-state index in [2.05, 4.69) is 37.3 Å². The van der Waals surface area contributed by atoms with E-state index in [9.17, 15) is 0 Å². The van der Waals surface area contributed by atoms with Crippen LogP contribution in [0.25, 0.3) is 0 Å². The Bertz CT molecular complexity index is 353. The fourth-order valence-corrected chi connectivity index (χ4v) is 1.54. The Morgan fingerprint density at radius 1 is 1.24 bits per heavy atom. The molecule has 0 amide bonds. The molecule has 1 aromatic carbocycles. The van der Waals surface area contributed by atoms with Crippen molar-refractivity contribution in [3.63, 3.8) is 0 Å². The molecule has 1 rings (SSSR count). The molecule has 1 aromatic rings. The number of hydrogen-bond donors (Lipinski definition) is 1. The highest BCUT2D eigenvalue weighted by Gasteiger charge is 2.10. The smallest absolute Gasteiger partial charge is 0.0837 e. The quantitative estimate of drug-likeness (QED) is 0.812. The molecule has 2 unspecified atom stereocenters. The number of nitrogens with one attached hydrogen (secondary N) is 1. The second kappa shape index (κ2) is 7.05. The highest BCUT2D eigenvalue weighted by molar-refractivity contribution is 5.24. The second-order valence-corrected chi connectivity index (χ2v) is 4.56. The first-order valence-corrected chi connectivity index (χ1v) is 5.97. The lowest BCUT2D eigenvalue weighted by Crippen LogP contribution is -2.36. The monoisotopic (exact) mass is 231 g/mol. The third-order valence-corrected chi connectivity index (χ3v) is 3.03. The lowest BCUT2D eigenvalue weighted by molar-refractivity contribution is 0.303. The van der Waals surface area contributed by atoms with E-state index < -0.39 is 0 Å². The van der Waals surface area contributed by atoms with E-state index in [-0.39, 0.29) is 5.92 Å². The van der Waals surface area contributed by atoms with Gasteiger partial charge in [0.05, 0.1) is 12.0 Å². The predicted octanol–water partition coefficient (Wildman–Crippen LogP) is 1.83. The van der Waals surface area contributed by atoms with Crippen molar-refractivity contribution in [2.45, 2.75) is 18.9 Å². The Morgan fingerprint density at radius 2 is 1.88 bits per heavy atom. The van der Waals surface area contributed by atoms with Gasteiger partial charge in [-0.2, -0.15) is 5.26 Å². The number of nitriles is 1. The molecule has 2 atom stereocenters. The molecule has 0 aromatic heterocycles. The van der Waals surface area contributed by atoms with Gasteiger partial charge in [0.15, 0.2) is 0 Å². The van der Waals surface area contributed by atoms with E-state index in [0.29, 0.717) is 12.6 Å². The van der Waals surface area contributed by atoms with E-state index in [1.807, 2.05) is 30.3 Å². The molecule has 0 saturated heterocycles. The fraction of sp³-hybridized carbons (Fsp3) is 0.500. The summed E-state index contributed by atoms with van der Waals surface area (Å²) in [6.45, 7) is 3.77. The predicted molar refractivity (Wildman–Crippen MR) is 70.8 cm³/mol. The summed E-state index contributed by atoms with van der Waals surface area (Å²) in [6, 6.07) is 12.8. The van der Waals surface area contributed by atoms with Crippen LogP contribution in [0.15, 0.2) is 30.3 Å². The maximum atomic E-state index is 9.15. The molecule has 0 fully saturated rings. The van der Waals surface area contributed by atoms with E-state index >= 15 is 0 Å². The fourth-order valence-electron chi connectivity index (χ4n) is 1.54. The highest BCUT2D eigenvalue weighted by Crippen LogP contribution is 2.12.